The largest absolute Gasteiger partial charge is 0.479 e. The minimum Gasteiger partial charge on any atom is -0.479 e. The van der Waals surface area contributed by atoms with Crippen molar-refractivity contribution in [3.05, 3.63) is 29.5 Å². The molecule has 0 saturated heterocycles. The SMILES string of the molecule is CCCC1=CCC(=O)[C@@H]1CCC=C=CC(O[Si](C)(C)C(C)(C)C)(C(=O)O)C1CCCCC1. The summed E-state index contributed by atoms with van der Waals surface area (Å²) in [5, 5.41) is 10.3. The van der Waals surface area contributed by atoms with Crippen LogP contribution in [0.5, 0.6) is 0 Å². The normalized spacial score (nSPS) is 22.1. The van der Waals surface area contributed by atoms with Crippen molar-refractivity contribution in [1.29, 1.82) is 0 Å². The van der Waals surface area contributed by atoms with Crippen molar-refractivity contribution in [3.63, 3.8) is 0 Å². The molecule has 0 aromatic heterocycles. The van der Waals surface area contributed by atoms with Gasteiger partial charge in [-0.15, -0.1) is 5.73 Å². The van der Waals surface area contributed by atoms with Crippen LogP contribution in [0.25, 0.3) is 0 Å². The van der Waals surface area contributed by atoms with Crippen molar-refractivity contribution in [3.8, 4) is 0 Å². The van der Waals surface area contributed by atoms with Gasteiger partial charge in [0.05, 0.1) is 0 Å². The van der Waals surface area contributed by atoms with E-state index in [1.54, 1.807) is 6.08 Å². The fraction of sp³-hybridized carbons (Fsp3) is 0.741. The zero-order valence-corrected chi connectivity index (χ0v) is 22.1. The van der Waals surface area contributed by atoms with E-state index in [1.807, 2.05) is 6.08 Å². The van der Waals surface area contributed by atoms with Gasteiger partial charge in [-0.3, -0.25) is 4.79 Å². The molecule has 0 spiro atoms. The van der Waals surface area contributed by atoms with Gasteiger partial charge in [0.15, 0.2) is 13.9 Å². The molecule has 0 heterocycles. The van der Waals surface area contributed by atoms with Crippen LogP contribution in [0.3, 0.4) is 0 Å². The second-order valence-electron chi connectivity index (χ2n) is 11.1. The monoisotopic (exact) mass is 460 g/mol. The van der Waals surface area contributed by atoms with Gasteiger partial charge in [-0.05, 0) is 62.4 Å². The molecule has 180 valence electrons. The Hall–Kier alpha value is -1.42. The Balaban J connectivity index is 2.25. The molecule has 0 bridgehead atoms. The van der Waals surface area contributed by atoms with Crippen LogP contribution < -0.4 is 0 Å². The van der Waals surface area contributed by atoms with Gasteiger partial charge < -0.3 is 9.53 Å². The molecule has 0 aromatic carbocycles. The Kier molecular flexibility index (Phi) is 9.33. The smallest absolute Gasteiger partial charge is 0.339 e. The van der Waals surface area contributed by atoms with E-state index in [1.165, 1.54) is 5.57 Å². The summed E-state index contributed by atoms with van der Waals surface area (Å²) in [4.78, 5) is 25.0. The van der Waals surface area contributed by atoms with Crippen LogP contribution in [-0.4, -0.2) is 30.8 Å². The molecule has 2 rings (SSSR count). The van der Waals surface area contributed by atoms with Gasteiger partial charge in [0.1, 0.15) is 5.78 Å². The fourth-order valence-electron chi connectivity index (χ4n) is 4.77. The van der Waals surface area contributed by atoms with Crippen LogP contribution >= 0.6 is 0 Å². The Morgan fingerprint density at radius 2 is 1.91 bits per heavy atom. The van der Waals surface area contributed by atoms with E-state index < -0.39 is 19.9 Å². The first-order valence-electron chi connectivity index (χ1n) is 12.5. The van der Waals surface area contributed by atoms with Gasteiger partial charge >= 0.3 is 5.97 Å². The molecule has 0 amide bonds. The van der Waals surface area contributed by atoms with Crippen molar-refractivity contribution in [2.45, 2.75) is 116 Å². The second-order valence-corrected chi connectivity index (χ2v) is 15.9. The van der Waals surface area contributed by atoms with Crippen LogP contribution in [0.1, 0.15) is 91.9 Å². The maximum atomic E-state index is 12.7. The molecular weight excluding hydrogens is 416 g/mol. The van der Waals surface area contributed by atoms with E-state index in [4.69, 9.17) is 4.43 Å². The van der Waals surface area contributed by atoms with E-state index in [0.717, 1.165) is 51.4 Å². The van der Waals surface area contributed by atoms with Crippen molar-refractivity contribution in [1.82, 2.24) is 0 Å². The Bertz CT molecular complexity index is 761. The highest BCUT2D eigenvalue weighted by atomic mass is 28.4. The van der Waals surface area contributed by atoms with Gasteiger partial charge in [-0.2, -0.15) is 0 Å². The number of hydrogen-bond acceptors (Lipinski definition) is 3. The second kappa shape index (κ2) is 11.1. The highest BCUT2D eigenvalue weighted by molar-refractivity contribution is 6.74. The van der Waals surface area contributed by atoms with Crippen LogP contribution in [0.2, 0.25) is 18.1 Å². The topological polar surface area (TPSA) is 63.6 Å². The quantitative estimate of drug-likeness (QED) is 0.212. The number of aliphatic carboxylic acids is 1. The van der Waals surface area contributed by atoms with Gasteiger partial charge in [0.25, 0.3) is 0 Å². The Morgan fingerprint density at radius 1 is 1.25 bits per heavy atom. The summed E-state index contributed by atoms with van der Waals surface area (Å²) in [5.74, 6) is -0.582. The van der Waals surface area contributed by atoms with Gasteiger partial charge in [-0.25, -0.2) is 4.79 Å². The summed E-state index contributed by atoms with van der Waals surface area (Å²) in [5.41, 5.74) is 3.15. The van der Waals surface area contributed by atoms with Crippen LogP contribution in [0, 0.1) is 11.8 Å². The van der Waals surface area contributed by atoms with Crippen molar-refractivity contribution < 1.29 is 19.1 Å². The lowest BCUT2D eigenvalue weighted by Crippen LogP contribution is -2.56. The molecule has 1 unspecified atom stereocenters. The van der Waals surface area contributed by atoms with E-state index in [2.05, 4.69) is 52.6 Å². The summed E-state index contributed by atoms with van der Waals surface area (Å²) in [7, 11) is -2.32. The average molecular weight is 461 g/mol. The predicted octanol–water partition coefficient (Wildman–Crippen LogP) is 7.22. The summed E-state index contributed by atoms with van der Waals surface area (Å²) < 4.78 is 6.68. The summed E-state index contributed by atoms with van der Waals surface area (Å²) in [6.07, 6.45) is 14.8. The molecular formula is C27H44O4Si. The highest BCUT2D eigenvalue weighted by Gasteiger charge is 2.52. The van der Waals surface area contributed by atoms with Crippen molar-refractivity contribution in [2.24, 2.45) is 11.8 Å². The first-order valence-corrected chi connectivity index (χ1v) is 15.4. The summed E-state index contributed by atoms with van der Waals surface area (Å²) in [6, 6.07) is 0. The molecule has 1 N–H and O–H groups in total. The number of carbonyl (C=O) groups excluding carboxylic acids is 1. The summed E-state index contributed by atoms with van der Waals surface area (Å²) in [6.45, 7) is 12.8. The standard InChI is InChI=1S/C27H44O4Si/c1-7-14-21-18-19-24(28)23(21)17-12-9-13-20-27(25(29)30,22-15-10-8-11-16-22)31-32(5,6)26(2,3)4/h9,18,20,22-23H,7-8,10-12,14-17,19H2,1-6H3,(H,29,30)/t13?,23-,27?/m1/s1. The van der Waals surface area contributed by atoms with E-state index in [-0.39, 0.29) is 16.9 Å². The first kappa shape index (κ1) is 26.8. The Labute approximate surface area is 196 Å². The number of hydrogen-bond donors (Lipinski definition) is 1. The Morgan fingerprint density at radius 3 is 2.47 bits per heavy atom. The minimum absolute atomic E-state index is 0.0269. The first-order chi connectivity index (χ1) is 14.9. The van der Waals surface area contributed by atoms with Crippen molar-refractivity contribution in [2.75, 3.05) is 0 Å². The zero-order valence-electron chi connectivity index (χ0n) is 21.1. The maximum absolute atomic E-state index is 12.7. The third-order valence-corrected chi connectivity index (χ3v) is 12.2. The van der Waals surface area contributed by atoms with Gasteiger partial charge in [-0.1, -0.05) is 65.0 Å². The molecule has 5 heteroatoms. The van der Waals surface area contributed by atoms with E-state index >= 15 is 0 Å². The molecule has 2 aliphatic rings. The van der Waals surface area contributed by atoms with E-state index in [0.29, 0.717) is 18.6 Å². The lowest BCUT2D eigenvalue weighted by atomic mass is 9.77. The van der Waals surface area contributed by atoms with Crippen molar-refractivity contribution >= 4 is 20.1 Å². The highest BCUT2D eigenvalue weighted by Crippen LogP contribution is 2.44. The lowest BCUT2D eigenvalue weighted by Gasteiger charge is -2.46. The number of rotatable bonds is 10. The number of Topliss-reactive ketones (excluding diaryl/α,β-unsaturated/α-hetero) is 1. The van der Waals surface area contributed by atoms with Crippen LogP contribution in [-0.2, 0) is 14.0 Å². The van der Waals surface area contributed by atoms with E-state index in [9.17, 15) is 14.7 Å². The number of carbonyl (C=O) groups is 2. The van der Waals surface area contributed by atoms with Gasteiger partial charge in [0, 0.05) is 18.3 Å². The number of ketones is 1. The minimum atomic E-state index is -2.32. The average Bonchev–Trinajstić information content (AvgIpc) is 3.06. The zero-order chi connectivity index (χ0) is 24.0. The number of carboxylic acid groups (broad SMARTS) is 1. The maximum Gasteiger partial charge on any atom is 0.339 e. The molecule has 1 fully saturated rings. The molecule has 2 atom stereocenters. The van der Waals surface area contributed by atoms with Crippen LogP contribution in [0.15, 0.2) is 29.5 Å². The number of allylic oxidation sites excluding steroid dienone is 2. The molecule has 32 heavy (non-hydrogen) atoms. The third kappa shape index (κ3) is 6.33. The number of carboxylic acids is 1. The van der Waals surface area contributed by atoms with Gasteiger partial charge in [0.2, 0.25) is 0 Å². The molecule has 4 nitrogen and oxygen atoms in total. The van der Waals surface area contributed by atoms with Crippen LogP contribution in [0.4, 0.5) is 0 Å². The molecule has 0 aromatic rings. The summed E-state index contributed by atoms with van der Waals surface area (Å²) >= 11 is 0. The lowest BCUT2D eigenvalue weighted by molar-refractivity contribution is -0.157. The third-order valence-electron chi connectivity index (χ3n) is 7.73. The fourth-order valence-corrected chi connectivity index (χ4v) is 6.23. The molecule has 0 aliphatic heterocycles. The molecule has 1 saturated carbocycles. The molecule has 2 aliphatic carbocycles. The predicted molar refractivity (Wildman–Crippen MR) is 133 cm³/mol. The molecule has 0 radical (unpaired) electrons.